The van der Waals surface area contributed by atoms with Crippen LogP contribution in [0.2, 0.25) is 0 Å². The quantitative estimate of drug-likeness (QED) is 0.924. The van der Waals surface area contributed by atoms with E-state index in [9.17, 15) is 13.2 Å². The molecule has 110 valence electrons. The lowest BCUT2D eigenvalue weighted by Gasteiger charge is -2.34. The van der Waals surface area contributed by atoms with E-state index in [1.807, 2.05) is 0 Å². The van der Waals surface area contributed by atoms with Crippen LogP contribution in [0, 0.1) is 0 Å². The van der Waals surface area contributed by atoms with E-state index in [1.54, 1.807) is 0 Å². The Bertz CT molecular complexity index is 611. The van der Waals surface area contributed by atoms with Crippen LogP contribution in [-0.2, 0) is 11.6 Å². The minimum Gasteiger partial charge on any atom is -0.317 e. The van der Waals surface area contributed by atoms with Gasteiger partial charge in [-0.25, -0.2) is 0 Å². The van der Waals surface area contributed by atoms with Crippen LogP contribution in [0.3, 0.4) is 0 Å². The van der Waals surface area contributed by atoms with Crippen LogP contribution in [0.4, 0.5) is 13.2 Å². The molecule has 2 aromatic rings. The van der Waals surface area contributed by atoms with Crippen LogP contribution in [0.15, 0.2) is 0 Å². The van der Waals surface area contributed by atoms with Crippen molar-refractivity contribution >= 4 is 16.3 Å². The monoisotopic (exact) mass is 305 g/mol. The second kappa shape index (κ2) is 4.66. The van der Waals surface area contributed by atoms with E-state index >= 15 is 0 Å². The first kappa shape index (κ1) is 13.7. The third-order valence-electron chi connectivity index (χ3n) is 3.94. The van der Waals surface area contributed by atoms with Crippen molar-refractivity contribution in [3.05, 3.63) is 10.8 Å². The van der Waals surface area contributed by atoms with E-state index in [4.69, 9.17) is 0 Å². The molecule has 1 aliphatic rings. The van der Waals surface area contributed by atoms with Crippen molar-refractivity contribution < 1.29 is 13.2 Å². The summed E-state index contributed by atoms with van der Waals surface area (Å²) in [5, 5.41) is 15.0. The topological polar surface area (TPSA) is 55.1 Å². The summed E-state index contributed by atoms with van der Waals surface area (Å²) in [7, 11) is 0. The Hall–Kier alpha value is -1.22. The van der Waals surface area contributed by atoms with Gasteiger partial charge >= 0.3 is 6.18 Å². The molecule has 0 saturated carbocycles. The highest BCUT2D eigenvalue weighted by atomic mass is 32.1. The number of piperidine rings is 1. The molecule has 1 fully saturated rings. The smallest absolute Gasteiger partial charge is 0.317 e. The van der Waals surface area contributed by atoms with Gasteiger partial charge in [-0.1, -0.05) is 18.3 Å². The maximum atomic E-state index is 12.8. The molecule has 2 aromatic heterocycles. The van der Waals surface area contributed by atoms with Crippen molar-refractivity contribution in [2.75, 3.05) is 13.1 Å². The number of nitrogens with one attached hydrogen (secondary N) is 1. The predicted molar refractivity (Wildman–Crippen MR) is 67.7 cm³/mol. The maximum Gasteiger partial charge on any atom is 0.453 e. The van der Waals surface area contributed by atoms with Crippen LogP contribution in [0.25, 0.3) is 4.96 Å². The molecule has 3 rings (SSSR count). The number of hydrogen-bond acceptors (Lipinski definition) is 5. The first-order chi connectivity index (χ1) is 9.46. The summed E-state index contributed by atoms with van der Waals surface area (Å²) >= 11 is 1.21. The normalized spacial score (nSPS) is 19.6. The minimum absolute atomic E-state index is 0.139. The van der Waals surface area contributed by atoms with Gasteiger partial charge in [0.25, 0.3) is 5.82 Å². The van der Waals surface area contributed by atoms with Gasteiger partial charge in [-0.2, -0.15) is 22.8 Å². The fourth-order valence-electron chi connectivity index (χ4n) is 2.63. The molecule has 0 amide bonds. The van der Waals surface area contributed by atoms with Crippen molar-refractivity contribution in [1.29, 1.82) is 0 Å². The van der Waals surface area contributed by atoms with Crippen LogP contribution >= 0.6 is 11.3 Å². The van der Waals surface area contributed by atoms with E-state index in [0.717, 1.165) is 41.9 Å². The van der Waals surface area contributed by atoms with E-state index in [0.29, 0.717) is 0 Å². The Kier molecular flexibility index (Phi) is 3.20. The van der Waals surface area contributed by atoms with Crippen molar-refractivity contribution in [3.63, 3.8) is 0 Å². The highest BCUT2D eigenvalue weighted by Gasteiger charge is 2.40. The summed E-state index contributed by atoms with van der Waals surface area (Å²) in [6.45, 7) is 3.78. The molecule has 1 aliphatic heterocycles. The zero-order valence-corrected chi connectivity index (χ0v) is 11.7. The number of halogens is 3. The molecule has 5 nitrogen and oxygen atoms in total. The molecule has 1 saturated heterocycles. The van der Waals surface area contributed by atoms with Gasteiger partial charge in [0.05, 0.1) is 0 Å². The van der Waals surface area contributed by atoms with Crippen molar-refractivity contribution in [2.45, 2.75) is 37.8 Å². The number of rotatable bonds is 2. The number of fused-ring (bicyclic) bond motifs is 1. The van der Waals surface area contributed by atoms with Crippen LogP contribution < -0.4 is 5.32 Å². The Morgan fingerprint density at radius 2 is 2.00 bits per heavy atom. The molecule has 20 heavy (non-hydrogen) atoms. The zero-order chi connectivity index (χ0) is 14.4. The Morgan fingerprint density at radius 3 is 2.60 bits per heavy atom. The third-order valence-corrected chi connectivity index (χ3v) is 5.08. The largest absolute Gasteiger partial charge is 0.453 e. The second-order valence-electron chi connectivity index (χ2n) is 5.01. The first-order valence-electron chi connectivity index (χ1n) is 6.47. The number of aromatic nitrogens is 4. The third kappa shape index (κ3) is 2.08. The highest BCUT2D eigenvalue weighted by molar-refractivity contribution is 7.16. The summed E-state index contributed by atoms with van der Waals surface area (Å²) < 4.78 is 39.3. The van der Waals surface area contributed by atoms with E-state index in [-0.39, 0.29) is 10.4 Å². The Balaban J connectivity index is 2.06. The number of alkyl halides is 3. The fourth-order valence-corrected chi connectivity index (χ4v) is 3.79. The highest BCUT2D eigenvalue weighted by Crippen LogP contribution is 2.39. The van der Waals surface area contributed by atoms with Crippen molar-refractivity contribution in [3.8, 4) is 0 Å². The standard InChI is InChI=1S/C11H14F3N5S/c1-2-10(3-5-15-6-4-10)8-18-19-7(11(12,13)14)16-17-9(19)20-8/h15H,2-6H2,1H3. The van der Waals surface area contributed by atoms with Crippen LogP contribution in [0.5, 0.6) is 0 Å². The van der Waals surface area contributed by atoms with Gasteiger partial charge in [0.1, 0.15) is 5.01 Å². The molecule has 9 heteroatoms. The molecular weight excluding hydrogens is 291 g/mol. The first-order valence-corrected chi connectivity index (χ1v) is 7.28. The van der Waals surface area contributed by atoms with Gasteiger partial charge in [-0.05, 0) is 32.4 Å². The van der Waals surface area contributed by atoms with Gasteiger partial charge in [-0.3, -0.25) is 0 Å². The van der Waals surface area contributed by atoms with Gasteiger partial charge < -0.3 is 5.32 Å². The molecule has 0 unspecified atom stereocenters. The van der Waals surface area contributed by atoms with Crippen molar-refractivity contribution in [1.82, 2.24) is 25.1 Å². The Morgan fingerprint density at radius 1 is 1.30 bits per heavy atom. The lowest BCUT2D eigenvalue weighted by atomic mass is 9.77. The molecule has 1 N–H and O–H groups in total. The number of nitrogens with zero attached hydrogens (tertiary/aromatic N) is 4. The van der Waals surface area contributed by atoms with E-state index in [1.165, 1.54) is 11.3 Å². The average Bonchev–Trinajstić information content (AvgIpc) is 2.98. The minimum atomic E-state index is -4.53. The molecular formula is C11H14F3N5S. The van der Waals surface area contributed by atoms with E-state index < -0.39 is 12.0 Å². The van der Waals surface area contributed by atoms with Crippen molar-refractivity contribution in [2.24, 2.45) is 0 Å². The molecule has 3 heterocycles. The van der Waals surface area contributed by atoms with Gasteiger partial charge in [-0.15, -0.1) is 10.2 Å². The lowest BCUT2D eigenvalue weighted by molar-refractivity contribution is -0.146. The van der Waals surface area contributed by atoms with Gasteiger partial charge in [0, 0.05) is 5.41 Å². The molecule has 0 aromatic carbocycles. The Labute approximate surface area is 117 Å². The summed E-state index contributed by atoms with van der Waals surface area (Å²) in [5.41, 5.74) is -0.139. The van der Waals surface area contributed by atoms with Gasteiger partial charge in [0.15, 0.2) is 0 Å². The molecule has 0 radical (unpaired) electrons. The summed E-state index contributed by atoms with van der Waals surface area (Å²) in [5.74, 6) is -1.05. The fraction of sp³-hybridized carbons (Fsp3) is 0.727. The number of hydrogen-bond donors (Lipinski definition) is 1. The van der Waals surface area contributed by atoms with E-state index in [2.05, 4.69) is 27.5 Å². The summed E-state index contributed by atoms with van der Waals surface area (Å²) in [6.07, 6.45) is -1.90. The summed E-state index contributed by atoms with van der Waals surface area (Å²) in [4.78, 5) is 0.207. The average molecular weight is 305 g/mol. The molecule has 0 bridgehead atoms. The lowest BCUT2D eigenvalue weighted by Crippen LogP contribution is -2.39. The second-order valence-corrected chi connectivity index (χ2v) is 5.96. The SMILES string of the molecule is CCC1(c2nn3c(C(F)(F)F)nnc3s2)CCNCC1. The molecule has 0 spiro atoms. The maximum absolute atomic E-state index is 12.8. The molecule has 0 aliphatic carbocycles. The van der Waals surface area contributed by atoms with Crippen LogP contribution in [-0.4, -0.2) is 32.9 Å². The van der Waals surface area contributed by atoms with Crippen LogP contribution in [0.1, 0.15) is 37.0 Å². The predicted octanol–water partition coefficient (Wildman–Crippen LogP) is 2.24. The molecule has 0 atom stereocenters. The van der Waals surface area contributed by atoms with Gasteiger partial charge in [0.2, 0.25) is 4.96 Å². The summed E-state index contributed by atoms with van der Waals surface area (Å²) in [6, 6.07) is 0. The zero-order valence-electron chi connectivity index (χ0n) is 10.9.